The van der Waals surface area contributed by atoms with E-state index < -0.39 is 0 Å². The van der Waals surface area contributed by atoms with Crippen LogP contribution in [0.4, 0.5) is 5.82 Å². The molecule has 0 aliphatic carbocycles. The molecule has 6 nitrogen and oxygen atoms in total. The smallest absolute Gasteiger partial charge is 0.151 e. The van der Waals surface area contributed by atoms with Crippen LogP contribution < -0.4 is 4.90 Å². The predicted octanol–water partition coefficient (Wildman–Crippen LogP) is 2.49. The van der Waals surface area contributed by atoms with E-state index in [1.54, 1.807) is 0 Å². The number of piperidine rings is 1. The molecule has 0 N–H and O–H groups in total. The summed E-state index contributed by atoms with van der Waals surface area (Å²) in [4.78, 5) is 4.74. The lowest BCUT2D eigenvalue weighted by Crippen LogP contribution is -2.46. The summed E-state index contributed by atoms with van der Waals surface area (Å²) >= 11 is 0. The first-order valence-electron chi connectivity index (χ1n) is 8.22. The van der Waals surface area contributed by atoms with E-state index in [9.17, 15) is 0 Å². The van der Waals surface area contributed by atoms with E-state index in [0.29, 0.717) is 6.04 Å². The molecule has 0 aromatic carbocycles. The van der Waals surface area contributed by atoms with Crippen LogP contribution in [0.3, 0.4) is 0 Å². The van der Waals surface area contributed by atoms with Gasteiger partial charge in [0.15, 0.2) is 5.82 Å². The molecule has 124 valence electrons. The van der Waals surface area contributed by atoms with Crippen molar-refractivity contribution in [3.05, 3.63) is 34.8 Å². The van der Waals surface area contributed by atoms with Gasteiger partial charge in [0, 0.05) is 31.2 Å². The van der Waals surface area contributed by atoms with Crippen molar-refractivity contribution in [1.29, 1.82) is 0 Å². The second-order valence-electron chi connectivity index (χ2n) is 6.49. The monoisotopic (exact) mass is 315 g/mol. The zero-order chi connectivity index (χ0) is 16.4. The van der Waals surface area contributed by atoms with E-state index in [-0.39, 0.29) is 0 Å². The van der Waals surface area contributed by atoms with Crippen molar-refractivity contribution in [3.8, 4) is 0 Å². The van der Waals surface area contributed by atoms with Crippen LogP contribution in [0.2, 0.25) is 0 Å². The quantitative estimate of drug-likeness (QED) is 0.864. The Balaban J connectivity index is 1.67. The summed E-state index contributed by atoms with van der Waals surface area (Å²) < 4.78 is 5.28. The molecule has 1 aliphatic rings. The van der Waals surface area contributed by atoms with Gasteiger partial charge in [-0.25, -0.2) is 0 Å². The van der Waals surface area contributed by atoms with Crippen molar-refractivity contribution in [3.63, 3.8) is 0 Å². The minimum absolute atomic E-state index is 0.501. The van der Waals surface area contributed by atoms with Gasteiger partial charge in [-0.05, 0) is 52.8 Å². The Morgan fingerprint density at radius 3 is 2.74 bits per heavy atom. The van der Waals surface area contributed by atoms with Gasteiger partial charge in [0.2, 0.25) is 0 Å². The van der Waals surface area contributed by atoms with Crippen molar-refractivity contribution in [2.75, 3.05) is 25.0 Å². The number of aryl methyl sites for hydroxylation is 3. The van der Waals surface area contributed by atoms with Crippen LogP contribution in [0, 0.1) is 20.8 Å². The fourth-order valence-electron chi connectivity index (χ4n) is 3.19. The minimum atomic E-state index is 0.501. The van der Waals surface area contributed by atoms with Crippen LogP contribution >= 0.6 is 0 Å². The molecule has 23 heavy (non-hydrogen) atoms. The highest BCUT2D eigenvalue weighted by molar-refractivity contribution is 5.38. The highest BCUT2D eigenvalue weighted by Crippen LogP contribution is 2.22. The molecule has 2 aromatic heterocycles. The largest absolute Gasteiger partial charge is 0.361 e. The van der Waals surface area contributed by atoms with Crippen LogP contribution in [-0.4, -0.2) is 46.4 Å². The lowest BCUT2D eigenvalue weighted by atomic mass is 10.0. The molecule has 3 rings (SSSR count). The maximum absolute atomic E-state index is 5.28. The molecule has 1 fully saturated rings. The fourth-order valence-corrected chi connectivity index (χ4v) is 3.19. The van der Waals surface area contributed by atoms with Crippen molar-refractivity contribution >= 4 is 5.82 Å². The summed E-state index contributed by atoms with van der Waals surface area (Å²) in [6.45, 7) is 8.87. The number of aromatic nitrogens is 3. The van der Waals surface area contributed by atoms with Gasteiger partial charge in [0.05, 0.1) is 11.4 Å². The first kappa shape index (κ1) is 15.9. The number of likely N-dealkylation sites (N-methyl/N-ethyl adjacent to an activating group) is 1. The van der Waals surface area contributed by atoms with E-state index in [0.717, 1.165) is 42.6 Å². The molecule has 0 unspecified atom stereocenters. The second kappa shape index (κ2) is 6.66. The fraction of sp³-hybridized carbons (Fsp3) is 0.588. The molecule has 0 amide bonds. The Morgan fingerprint density at radius 1 is 1.26 bits per heavy atom. The van der Waals surface area contributed by atoms with Gasteiger partial charge in [-0.3, -0.25) is 4.90 Å². The normalized spacial score (nSPS) is 18.7. The third-order valence-corrected chi connectivity index (χ3v) is 4.72. The first-order valence-corrected chi connectivity index (χ1v) is 8.22. The van der Waals surface area contributed by atoms with Crippen molar-refractivity contribution < 1.29 is 4.52 Å². The zero-order valence-corrected chi connectivity index (χ0v) is 14.4. The van der Waals surface area contributed by atoms with Crippen molar-refractivity contribution in [2.24, 2.45) is 0 Å². The third kappa shape index (κ3) is 3.52. The lowest BCUT2D eigenvalue weighted by Gasteiger charge is -2.38. The summed E-state index contributed by atoms with van der Waals surface area (Å²) in [6, 6.07) is 4.60. The molecule has 0 spiro atoms. The van der Waals surface area contributed by atoms with Crippen molar-refractivity contribution in [2.45, 2.75) is 46.2 Å². The van der Waals surface area contributed by atoms with Crippen LogP contribution in [0.25, 0.3) is 0 Å². The van der Waals surface area contributed by atoms with E-state index >= 15 is 0 Å². The summed E-state index contributed by atoms with van der Waals surface area (Å²) in [5.74, 6) is 1.90. The van der Waals surface area contributed by atoms with E-state index in [2.05, 4.69) is 38.3 Å². The average Bonchev–Trinajstić information content (AvgIpc) is 2.87. The summed E-state index contributed by atoms with van der Waals surface area (Å²) in [5, 5.41) is 12.6. The Hall–Kier alpha value is -1.95. The second-order valence-corrected chi connectivity index (χ2v) is 6.49. The molecule has 3 heterocycles. The average molecular weight is 315 g/mol. The van der Waals surface area contributed by atoms with Crippen LogP contribution in [0.15, 0.2) is 16.7 Å². The van der Waals surface area contributed by atoms with Gasteiger partial charge in [-0.15, -0.1) is 5.10 Å². The molecule has 0 radical (unpaired) electrons. The van der Waals surface area contributed by atoms with Crippen LogP contribution in [0.1, 0.15) is 35.6 Å². The maximum atomic E-state index is 5.28. The maximum Gasteiger partial charge on any atom is 0.151 e. The first-order chi connectivity index (χ1) is 11.0. The van der Waals surface area contributed by atoms with Gasteiger partial charge in [-0.2, -0.15) is 5.10 Å². The van der Waals surface area contributed by atoms with Crippen molar-refractivity contribution in [1.82, 2.24) is 20.3 Å². The molecule has 1 atom stereocenters. The number of hydrogen-bond acceptors (Lipinski definition) is 6. The highest BCUT2D eigenvalue weighted by atomic mass is 16.5. The Labute approximate surface area is 137 Å². The Kier molecular flexibility index (Phi) is 4.61. The molecule has 0 saturated carbocycles. The predicted molar refractivity (Wildman–Crippen MR) is 89.4 cm³/mol. The molecular formula is C17H25N5O. The summed E-state index contributed by atoms with van der Waals surface area (Å²) in [6.07, 6.45) is 2.38. The topological polar surface area (TPSA) is 58.3 Å². The number of anilines is 1. The molecule has 1 aliphatic heterocycles. The van der Waals surface area contributed by atoms with Crippen LogP contribution in [-0.2, 0) is 6.54 Å². The van der Waals surface area contributed by atoms with Gasteiger partial charge in [0.25, 0.3) is 0 Å². The van der Waals surface area contributed by atoms with Gasteiger partial charge >= 0.3 is 0 Å². The SMILES string of the molecule is Cc1ccc(N2CCC[C@H](N(C)Cc3c(C)noc3C)C2)nn1. The minimum Gasteiger partial charge on any atom is -0.361 e. The molecular weight excluding hydrogens is 290 g/mol. The summed E-state index contributed by atoms with van der Waals surface area (Å²) in [5.41, 5.74) is 3.16. The van der Waals surface area contributed by atoms with E-state index in [1.165, 1.54) is 18.4 Å². The molecule has 0 bridgehead atoms. The standard InChI is InChI=1S/C17H25N5O/c1-12-7-8-17(19-18-12)22-9-5-6-15(10-22)21(4)11-16-13(2)20-23-14(16)3/h7-8,15H,5-6,9-11H2,1-4H3/t15-/m0/s1. The lowest BCUT2D eigenvalue weighted by molar-refractivity contribution is 0.206. The number of hydrogen-bond donors (Lipinski definition) is 0. The van der Waals surface area contributed by atoms with E-state index in [1.807, 2.05) is 26.8 Å². The third-order valence-electron chi connectivity index (χ3n) is 4.72. The highest BCUT2D eigenvalue weighted by Gasteiger charge is 2.25. The van der Waals surface area contributed by atoms with Gasteiger partial charge in [-0.1, -0.05) is 5.16 Å². The molecule has 2 aromatic rings. The molecule has 1 saturated heterocycles. The van der Waals surface area contributed by atoms with Gasteiger partial charge < -0.3 is 9.42 Å². The van der Waals surface area contributed by atoms with Crippen LogP contribution in [0.5, 0.6) is 0 Å². The molecule has 6 heteroatoms. The summed E-state index contributed by atoms with van der Waals surface area (Å²) in [7, 11) is 2.18. The van der Waals surface area contributed by atoms with E-state index in [4.69, 9.17) is 4.52 Å². The zero-order valence-electron chi connectivity index (χ0n) is 14.4. The Bertz CT molecular complexity index is 632. The number of rotatable bonds is 4. The Morgan fingerprint density at radius 2 is 2.09 bits per heavy atom. The van der Waals surface area contributed by atoms with Gasteiger partial charge in [0.1, 0.15) is 5.76 Å². The number of nitrogens with zero attached hydrogens (tertiary/aromatic N) is 5.